The maximum absolute atomic E-state index is 11.9. The van der Waals surface area contributed by atoms with Gasteiger partial charge in [0.25, 0.3) is 5.91 Å². The van der Waals surface area contributed by atoms with E-state index in [0.717, 1.165) is 37.8 Å². The maximum atomic E-state index is 11.9. The Bertz CT molecular complexity index is 416. The Morgan fingerprint density at radius 1 is 1.14 bits per heavy atom. The molecule has 21 heavy (non-hydrogen) atoms. The molecule has 2 saturated heterocycles. The highest BCUT2D eigenvalue weighted by Gasteiger charge is 2.47. The van der Waals surface area contributed by atoms with E-state index < -0.39 is 5.54 Å². The summed E-state index contributed by atoms with van der Waals surface area (Å²) in [5.74, 6) is 1.57. The molecule has 3 fully saturated rings. The number of carbonyl (C=O) groups excluding carboxylic acids is 2. The number of urea groups is 1. The second kappa shape index (κ2) is 5.95. The topological polar surface area (TPSA) is 61.4 Å². The number of nitrogens with one attached hydrogen (secondary N) is 2. The summed E-state index contributed by atoms with van der Waals surface area (Å²) in [7, 11) is 0. The molecule has 3 rings (SSSR count). The number of hydrogen-bond donors (Lipinski definition) is 2. The lowest BCUT2D eigenvalue weighted by Gasteiger charge is -2.40. The zero-order valence-electron chi connectivity index (χ0n) is 13.0. The van der Waals surface area contributed by atoms with Crippen molar-refractivity contribution in [3.63, 3.8) is 0 Å². The number of piperidine rings is 1. The lowest BCUT2D eigenvalue weighted by molar-refractivity contribution is -0.125. The van der Waals surface area contributed by atoms with Gasteiger partial charge in [-0.1, -0.05) is 32.6 Å². The standard InChI is InChI=1S/C16H27N3O2/c1-2-12-5-3-4-6-13(12)11-19-9-7-16(8-10-19)14(20)17-15(21)18-16/h12-13H,2-11H2,1H3,(H2,17,18,20,21). The van der Waals surface area contributed by atoms with Crippen molar-refractivity contribution in [3.8, 4) is 0 Å². The van der Waals surface area contributed by atoms with Crippen molar-refractivity contribution in [3.05, 3.63) is 0 Å². The Hall–Kier alpha value is -1.10. The molecule has 2 aliphatic heterocycles. The van der Waals surface area contributed by atoms with Gasteiger partial charge in [-0.3, -0.25) is 10.1 Å². The van der Waals surface area contributed by atoms with Crippen LogP contribution in [0.3, 0.4) is 0 Å². The normalized spacial score (nSPS) is 33.0. The van der Waals surface area contributed by atoms with Gasteiger partial charge in [0.2, 0.25) is 0 Å². The van der Waals surface area contributed by atoms with Gasteiger partial charge in [-0.15, -0.1) is 0 Å². The first kappa shape index (κ1) is 14.8. The van der Waals surface area contributed by atoms with Crippen LogP contribution >= 0.6 is 0 Å². The van der Waals surface area contributed by atoms with Gasteiger partial charge in [0.1, 0.15) is 5.54 Å². The molecule has 3 amide bonds. The molecule has 1 saturated carbocycles. The fraction of sp³-hybridized carbons (Fsp3) is 0.875. The molecule has 1 spiro atoms. The first-order valence-electron chi connectivity index (χ1n) is 8.49. The van der Waals surface area contributed by atoms with Crippen LogP contribution in [-0.2, 0) is 4.79 Å². The number of hydrogen-bond acceptors (Lipinski definition) is 3. The second-order valence-corrected chi connectivity index (χ2v) is 7.00. The van der Waals surface area contributed by atoms with Crippen molar-refractivity contribution in [2.24, 2.45) is 11.8 Å². The molecule has 0 radical (unpaired) electrons. The minimum Gasteiger partial charge on any atom is -0.323 e. The minimum absolute atomic E-state index is 0.128. The van der Waals surface area contributed by atoms with Crippen LogP contribution in [0.25, 0.3) is 0 Å². The van der Waals surface area contributed by atoms with Crippen LogP contribution in [0.2, 0.25) is 0 Å². The van der Waals surface area contributed by atoms with Crippen molar-refractivity contribution in [1.82, 2.24) is 15.5 Å². The molecule has 2 atom stereocenters. The van der Waals surface area contributed by atoms with Crippen molar-refractivity contribution in [2.75, 3.05) is 19.6 Å². The highest BCUT2D eigenvalue weighted by atomic mass is 16.2. The Balaban J connectivity index is 1.54. The van der Waals surface area contributed by atoms with Gasteiger partial charge >= 0.3 is 6.03 Å². The predicted molar refractivity (Wildman–Crippen MR) is 80.8 cm³/mol. The molecule has 0 bridgehead atoms. The summed E-state index contributed by atoms with van der Waals surface area (Å²) in [5, 5.41) is 5.22. The fourth-order valence-electron chi connectivity index (χ4n) is 4.39. The molecule has 0 aromatic heterocycles. The summed E-state index contributed by atoms with van der Waals surface area (Å²) in [6.45, 7) is 5.32. The average Bonchev–Trinajstić information content (AvgIpc) is 2.76. The number of amides is 3. The van der Waals surface area contributed by atoms with Crippen LogP contribution in [0, 0.1) is 11.8 Å². The third-order valence-electron chi connectivity index (χ3n) is 5.81. The Morgan fingerprint density at radius 3 is 2.38 bits per heavy atom. The van der Waals surface area contributed by atoms with Crippen LogP contribution in [0.15, 0.2) is 0 Å². The molecule has 118 valence electrons. The Morgan fingerprint density at radius 2 is 1.81 bits per heavy atom. The smallest absolute Gasteiger partial charge is 0.322 e. The van der Waals surface area contributed by atoms with E-state index in [9.17, 15) is 9.59 Å². The molecular weight excluding hydrogens is 266 g/mol. The first-order valence-corrected chi connectivity index (χ1v) is 8.49. The molecule has 3 aliphatic rings. The third-order valence-corrected chi connectivity index (χ3v) is 5.81. The summed E-state index contributed by atoms with van der Waals surface area (Å²) < 4.78 is 0. The average molecular weight is 293 g/mol. The SMILES string of the molecule is CCC1CCCCC1CN1CCC2(CC1)NC(=O)NC2=O. The molecule has 2 heterocycles. The van der Waals surface area contributed by atoms with Crippen LogP contribution < -0.4 is 10.6 Å². The largest absolute Gasteiger partial charge is 0.323 e. The van der Waals surface area contributed by atoms with Gasteiger partial charge in [0.05, 0.1) is 0 Å². The predicted octanol–water partition coefficient (Wildman–Crippen LogP) is 1.88. The van der Waals surface area contributed by atoms with Crippen molar-refractivity contribution < 1.29 is 9.59 Å². The first-order chi connectivity index (χ1) is 10.1. The van der Waals surface area contributed by atoms with E-state index in [1.165, 1.54) is 38.6 Å². The molecule has 2 unspecified atom stereocenters. The quantitative estimate of drug-likeness (QED) is 0.781. The second-order valence-electron chi connectivity index (χ2n) is 7.00. The van der Waals surface area contributed by atoms with E-state index >= 15 is 0 Å². The zero-order valence-corrected chi connectivity index (χ0v) is 13.0. The van der Waals surface area contributed by atoms with Crippen LogP contribution in [-0.4, -0.2) is 42.0 Å². The van der Waals surface area contributed by atoms with E-state index in [2.05, 4.69) is 22.5 Å². The van der Waals surface area contributed by atoms with Gasteiger partial charge in [-0.2, -0.15) is 0 Å². The molecule has 5 heteroatoms. The monoisotopic (exact) mass is 293 g/mol. The lowest BCUT2D eigenvalue weighted by Crippen LogP contribution is -2.55. The number of rotatable bonds is 3. The van der Waals surface area contributed by atoms with Gasteiger partial charge < -0.3 is 10.2 Å². The van der Waals surface area contributed by atoms with Gasteiger partial charge in [-0.05, 0) is 31.1 Å². The number of imide groups is 1. The van der Waals surface area contributed by atoms with Crippen molar-refractivity contribution >= 4 is 11.9 Å². The van der Waals surface area contributed by atoms with E-state index in [4.69, 9.17) is 0 Å². The zero-order chi connectivity index (χ0) is 14.9. The summed E-state index contributed by atoms with van der Waals surface area (Å²) in [4.78, 5) is 25.8. The highest BCUT2D eigenvalue weighted by molar-refractivity contribution is 6.07. The van der Waals surface area contributed by atoms with Crippen LogP contribution in [0.1, 0.15) is 51.9 Å². The summed E-state index contributed by atoms with van der Waals surface area (Å²) >= 11 is 0. The Kier molecular flexibility index (Phi) is 4.20. The summed E-state index contributed by atoms with van der Waals surface area (Å²) in [6.07, 6.45) is 8.29. The third kappa shape index (κ3) is 2.93. The fourth-order valence-corrected chi connectivity index (χ4v) is 4.39. The van der Waals surface area contributed by atoms with Gasteiger partial charge in [0, 0.05) is 19.6 Å². The van der Waals surface area contributed by atoms with E-state index in [1.807, 2.05) is 0 Å². The van der Waals surface area contributed by atoms with Gasteiger partial charge in [0.15, 0.2) is 0 Å². The van der Waals surface area contributed by atoms with Crippen LogP contribution in [0.4, 0.5) is 4.79 Å². The van der Waals surface area contributed by atoms with Gasteiger partial charge in [-0.25, -0.2) is 4.79 Å². The number of carbonyl (C=O) groups is 2. The molecule has 1 aliphatic carbocycles. The highest BCUT2D eigenvalue weighted by Crippen LogP contribution is 2.34. The minimum atomic E-state index is -0.621. The van der Waals surface area contributed by atoms with E-state index in [0.29, 0.717) is 0 Å². The van der Waals surface area contributed by atoms with Crippen molar-refractivity contribution in [2.45, 2.75) is 57.4 Å². The van der Waals surface area contributed by atoms with E-state index in [1.54, 1.807) is 0 Å². The summed E-state index contributed by atoms with van der Waals surface area (Å²) in [6, 6.07) is -0.327. The molecule has 0 aromatic carbocycles. The molecule has 5 nitrogen and oxygen atoms in total. The molecular formula is C16H27N3O2. The maximum Gasteiger partial charge on any atom is 0.322 e. The summed E-state index contributed by atoms with van der Waals surface area (Å²) in [5.41, 5.74) is -0.621. The van der Waals surface area contributed by atoms with E-state index in [-0.39, 0.29) is 11.9 Å². The van der Waals surface area contributed by atoms with Crippen molar-refractivity contribution in [1.29, 1.82) is 0 Å². The molecule has 0 aromatic rings. The molecule has 2 N–H and O–H groups in total. The number of likely N-dealkylation sites (tertiary alicyclic amines) is 1. The number of nitrogens with zero attached hydrogens (tertiary/aromatic N) is 1. The van der Waals surface area contributed by atoms with Crippen LogP contribution in [0.5, 0.6) is 0 Å². The lowest BCUT2D eigenvalue weighted by atomic mass is 9.77. The Labute approximate surface area is 126 Å².